The molecule has 3 N–H and O–H groups in total. The van der Waals surface area contributed by atoms with E-state index in [1.165, 1.54) is 0 Å². The van der Waals surface area contributed by atoms with Crippen LogP contribution in [0.4, 0.5) is 13.6 Å². The van der Waals surface area contributed by atoms with Crippen molar-refractivity contribution in [2.45, 2.75) is 37.8 Å². The standard InChI is InChI=1S/C10H18F2N2O3.ClH/c1-8(2,3)17-7(16)14-4-9(13,5-14)10(11,12)6-15;/h15H,4-6,13H2,1-3H3;1H. The third-order valence-corrected chi connectivity index (χ3v) is 2.52. The summed E-state index contributed by atoms with van der Waals surface area (Å²) in [5, 5.41) is 8.54. The number of nitrogens with zero attached hydrogens (tertiary/aromatic N) is 1. The van der Waals surface area contributed by atoms with Crippen molar-refractivity contribution in [2.75, 3.05) is 19.7 Å². The fourth-order valence-electron chi connectivity index (χ4n) is 1.48. The van der Waals surface area contributed by atoms with Gasteiger partial charge in [-0.05, 0) is 20.8 Å². The predicted molar refractivity (Wildman–Crippen MR) is 64.0 cm³/mol. The molecular weight excluding hydrogens is 270 g/mol. The maximum atomic E-state index is 13.2. The van der Waals surface area contributed by atoms with Gasteiger partial charge in [-0.1, -0.05) is 0 Å². The topological polar surface area (TPSA) is 75.8 Å². The molecule has 108 valence electrons. The van der Waals surface area contributed by atoms with Crippen LogP contribution >= 0.6 is 12.4 Å². The van der Waals surface area contributed by atoms with Gasteiger partial charge in [0.15, 0.2) is 0 Å². The monoisotopic (exact) mass is 288 g/mol. The minimum Gasteiger partial charge on any atom is -0.444 e. The fraction of sp³-hybridized carbons (Fsp3) is 0.900. The number of carbonyl (C=O) groups excluding carboxylic acids is 1. The Morgan fingerprint density at radius 1 is 1.44 bits per heavy atom. The van der Waals surface area contributed by atoms with Gasteiger partial charge in [0.05, 0.1) is 0 Å². The highest BCUT2D eigenvalue weighted by molar-refractivity contribution is 5.85. The summed E-state index contributed by atoms with van der Waals surface area (Å²) in [5.74, 6) is -3.40. The molecule has 0 aliphatic carbocycles. The van der Waals surface area contributed by atoms with Gasteiger partial charge < -0.3 is 20.5 Å². The Kier molecular flexibility index (Phi) is 4.96. The maximum absolute atomic E-state index is 13.2. The van der Waals surface area contributed by atoms with E-state index in [0.29, 0.717) is 0 Å². The van der Waals surface area contributed by atoms with E-state index in [-0.39, 0.29) is 25.5 Å². The molecule has 1 amide bonds. The summed E-state index contributed by atoms with van der Waals surface area (Å²) in [4.78, 5) is 12.6. The Morgan fingerprint density at radius 3 is 2.22 bits per heavy atom. The Morgan fingerprint density at radius 2 is 1.89 bits per heavy atom. The molecule has 0 saturated carbocycles. The summed E-state index contributed by atoms with van der Waals surface area (Å²) in [6, 6.07) is 0. The van der Waals surface area contributed by atoms with Gasteiger partial charge in [-0.25, -0.2) is 13.6 Å². The summed E-state index contributed by atoms with van der Waals surface area (Å²) in [7, 11) is 0. The first-order chi connectivity index (χ1) is 7.51. The quantitative estimate of drug-likeness (QED) is 0.794. The van der Waals surface area contributed by atoms with Gasteiger partial charge in [0.25, 0.3) is 5.92 Å². The second-order valence-electron chi connectivity index (χ2n) is 5.36. The second-order valence-corrected chi connectivity index (χ2v) is 5.36. The molecule has 18 heavy (non-hydrogen) atoms. The third-order valence-electron chi connectivity index (χ3n) is 2.52. The Labute approximate surface area is 111 Å². The normalized spacial score (nSPS) is 18.7. The SMILES string of the molecule is CC(C)(C)OC(=O)N1CC(N)(C(F)(F)CO)C1.Cl. The van der Waals surface area contributed by atoms with Gasteiger partial charge in [0.1, 0.15) is 17.7 Å². The predicted octanol–water partition coefficient (Wildman–Crippen LogP) is 0.984. The number of amides is 1. The molecule has 1 aliphatic rings. The van der Waals surface area contributed by atoms with Crippen LogP contribution in [-0.2, 0) is 4.74 Å². The maximum Gasteiger partial charge on any atom is 0.410 e. The number of halogens is 3. The molecule has 0 spiro atoms. The van der Waals surface area contributed by atoms with E-state index in [2.05, 4.69) is 0 Å². The van der Waals surface area contributed by atoms with Crippen LogP contribution in [0.3, 0.4) is 0 Å². The van der Waals surface area contributed by atoms with Crippen molar-refractivity contribution in [3.05, 3.63) is 0 Å². The molecule has 1 fully saturated rings. The summed E-state index contributed by atoms with van der Waals surface area (Å²) in [6.07, 6.45) is -0.674. The number of aliphatic hydroxyl groups excluding tert-OH is 1. The van der Waals surface area contributed by atoms with Gasteiger partial charge in [0.2, 0.25) is 0 Å². The largest absolute Gasteiger partial charge is 0.444 e. The van der Waals surface area contributed by atoms with Gasteiger partial charge in [-0.15, -0.1) is 12.4 Å². The molecule has 1 heterocycles. The molecule has 1 rings (SSSR count). The first kappa shape index (κ1) is 17.3. The lowest BCUT2D eigenvalue weighted by Gasteiger charge is -2.50. The fourth-order valence-corrected chi connectivity index (χ4v) is 1.48. The van der Waals surface area contributed by atoms with Crippen molar-refractivity contribution in [1.29, 1.82) is 0 Å². The molecule has 8 heteroatoms. The van der Waals surface area contributed by atoms with Gasteiger partial charge in [0, 0.05) is 13.1 Å². The molecule has 0 aromatic heterocycles. The Hall–Kier alpha value is -0.660. The Balaban J connectivity index is 0.00000289. The molecule has 1 saturated heterocycles. The number of nitrogens with two attached hydrogens (primary N) is 1. The van der Waals surface area contributed by atoms with E-state index in [0.717, 1.165) is 4.90 Å². The van der Waals surface area contributed by atoms with Crippen molar-refractivity contribution >= 4 is 18.5 Å². The zero-order chi connectivity index (χ0) is 13.5. The van der Waals surface area contributed by atoms with Crippen LogP contribution in [0.5, 0.6) is 0 Å². The average molecular weight is 289 g/mol. The first-order valence-electron chi connectivity index (χ1n) is 5.26. The summed E-state index contributed by atoms with van der Waals surface area (Å²) in [5.41, 5.74) is 2.88. The molecule has 5 nitrogen and oxygen atoms in total. The lowest BCUT2D eigenvalue weighted by molar-refractivity contribution is -0.155. The molecule has 0 unspecified atom stereocenters. The number of ether oxygens (including phenoxy) is 1. The van der Waals surface area contributed by atoms with Crippen LogP contribution < -0.4 is 5.73 Å². The van der Waals surface area contributed by atoms with E-state index in [9.17, 15) is 13.6 Å². The highest BCUT2D eigenvalue weighted by atomic mass is 35.5. The van der Waals surface area contributed by atoms with Crippen LogP contribution in [0.25, 0.3) is 0 Å². The van der Waals surface area contributed by atoms with Crippen molar-refractivity contribution in [2.24, 2.45) is 5.73 Å². The summed E-state index contributed by atoms with van der Waals surface area (Å²) < 4.78 is 31.4. The van der Waals surface area contributed by atoms with Crippen LogP contribution in [0.2, 0.25) is 0 Å². The molecule has 0 radical (unpaired) electrons. The number of carbonyl (C=O) groups is 1. The summed E-state index contributed by atoms with van der Waals surface area (Å²) in [6.45, 7) is 3.07. The van der Waals surface area contributed by atoms with Crippen molar-refractivity contribution in [3.8, 4) is 0 Å². The molecule has 1 aliphatic heterocycles. The van der Waals surface area contributed by atoms with Crippen molar-refractivity contribution in [3.63, 3.8) is 0 Å². The highest BCUT2D eigenvalue weighted by Crippen LogP contribution is 2.34. The number of alkyl halides is 2. The number of rotatable bonds is 2. The van der Waals surface area contributed by atoms with Crippen molar-refractivity contribution in [1.82, 2.24) is 4.90 Å². The number of aliphatic hydroxyl groups is 1. The van der Waals surface area contributed by atoms with Gasteiger partial charge in [-0.2, -0.15) is 0 Å². The number of hydrogen-bond acceptors (Lipinski definition) is 4. The molecule has 0 aromatic carbocycles. The van der Waals surface area contributed by atoms with Crippen LogP contribution in [-0.4, -0.2) is 52.9 Å². The number of likely N-dealkylation sites (tertiary alicyclic amines) is 1. The lowest BCUT2D eigenvalue weighted by Crippen LogP contribution is -2.77. The lowest BCUT2D eigenvalue weighted by atomic mass is 9.85. The van der Waals surface area contributed by atoms with E-state index >= 15 is 0 Å². The minimum atomic E-state index is -3.40. The van der Waals surface area contributed by atoms with Crippen LogP contribution in [0.15, 0.2) is 0 Å². The van der Waals surface area contributed by atoms with E-state index in [1.807, 2.05) is 0 Å². The zero-order valence-corrected chi connectivity index (χ0v) is 11.4. The first-order valence-corrected chi connectivity index (χ1v) is 5.26. The van der Waals surface area contributed by atoms with Crippen molar-refractivity contribution < 1.29 is 23.4 Å². The molecule has 0 atom stereocenters. The minimum absolute atomic E-state index is 0. The van der Waals surface area contributed by atoms with Gasteiger partial charge >= 0.3 is 6.09 Å². The van der Waals surface area contributed by atoms with E-state index in [1.54, 1.807) is 20.8 Å². The second kappa shape index (κ2) is 5.14. The number of hydrogen-bond donors (Lipinski definition) is 2. The molecule has 0 bridgehead atoms. The van der Waals surface area contributed by atoms with Gasteiger partial charge in [-0.3, -0.25) is 0 Å². The average Bonchev–Trinajstić information content (AvgIpc) is 2.09. The van der Waals surface area contributed by atoms with E-state index in [4.69, 9.17) is 15.6 Å². The molecule has 0 aromatic rings. The smallest absolute Gasteiger partial charge is 0.410 e. The Bertz CT molecular complexity index is 315. The van der Waals surface area contributed by atoms with Crippen LogP contribution in [0.1, 0.15) is 20.8 Å². The summed E-state index contributed by atoms with van der Waals surface area (Å²) >= 11 is 0. The third kappa shape index (κ3) is 3.43. The van der Waals surface area contributed by atoms with E-state index < -0.39 is 29.8 Å². The molecular formula is C10H19ClF2N2O3. The zero-order valence-electron chi connectivity index (χ0n) is 10.6. The van der Waals surface area contributed by atoms with Crippen LogP contribution in [0, 0.1) is 0 Å². The highest BCUT2D eigenvalue weighted by Gasteiger charge is 2.59.